The molecule has 2 aromatic carbocycles. The van der Waals surface area contributed by atoms with E-state index in [-0.39, 0.29) is 17.0 Å². The van der Waals surface area contributed by atoms with Gasteiger partial charge in [0.25, 0.3) is 5.69 Å². The first-order chi connectivity index (χ1) is 11.5. The number of hydrogen-bond donors (Lipinski definition) is 2. The lowest BCUT2D eigenvalue weighted by Gasteiger charge is -2.07. The summed E-state index contributed by atoms with van der Waals surface area (Å²) in [7, 11) is 0. The Morgan fingerprint density at radius 2 is 2.04 bits per heavy atom. The molecular weight excluding hydrogens is 314 g/mol. The molecular formula is C15H11N5O4. The summed E-state index contributed by atoms with van der Waals surface area (Å²) < 4.78 is 5.55. The number of hydrazone groups is 1. The number of carbonyl (C=O) groups excluding carboxylic acids is 1. The van der Waals surface area contributed by atoms with Crippen molar-refractivity contribution in [2.24, 2.45) is 10.8 Å². The number of ether oxygens (including phenoxy) is 1. The van der Waals surface area contributed by atoms with Gasteiger partial charge in [-0.15, -0.1) is 0 Å². The van der Waals surface area contributed by atoms with E-state index in [4.69, 9.17) is 15.7 Å². The lowest BCUT2D eigenvalue weighted by atomic mass is 10.2. The van der Waals surface area contributed by atoms with Crippen LogP contribution in [-0.4, -0.2) is 17.2 Å². The summed E-state index contributed by atoms with van der Waals surface area (Å²) in [6.07, 6.45) is 1.39. The van der Waals surface area contributed by atoms with Crippen LogP contribution < -0.4 is 15.9 Å². The molecule has 9 nitrogen and oxygen atoms in total. The molecule has 0 aliphatic heterocycles. The second kappa shape index (κ2) is 7.37. The van der Waals surface area contributed by atoms with Gasteiger partial charge >= 0.3 is 6.03 Å². The van der Waals surface area contributed by atoms with Crippen LogP contribution in [0.25, 0.3) is 0 Å². The number of nitriles is 1. The van der Waals surface area contributed by atoms with Crippen molar-refractivity contribution < 1.29 is 14.5 Å². The van der Waals surface area contributed by atoms with Crippen molar-refractivity contribution in [1.29, 1.82) is 5.26 Å². The first kappa shape index (κ1) is 16.4. The van der Waals surface area contributed by atoms with Crippen LogP contribution in [0.15, 0.2) is 47.6 Å². The molecule has 0 aliphatic carbocycles. The highest BCUT2D eigenvalue weighted by Crippen LogP contribution is 2.28. The molecule has 9 heteroatoms. The van der Waals surface area contributed by atoms with Crippen LogP contribution in [0.4, 0.5) is 10.5 Å². The zero-order chi connectivity index (χ0) is 17.5. The number of non-ortho nitro benzene ring substituents is 1. The molecule has 0 bridgehead atoms. The zero-order valence-corrected chi connectivity index (χ0v) is 12.2. The highest BCUT2D eigenvalue weighted by Gasteiger charge is 2.12. The van der Waals surface area contributed by atoms with Gasteiger partial charge in [-0.05, 0) is 35.9 Å². The Labute approximate surface area is 136 Å². The fourth-order valence-electron chi connectivity index (χ4n) is 1.73. The van der Waals surface area contributed by atoms with E-state index in [1.165, 1.54) is 18.3 Å². The number of nitrogens with zero attached hydrogens (tertiary/aromatic N) is 3. The average molecular weight is 325 g/mol. The number of nitrogens with one attached hydrogen (secondary N) is 1. The van der Waals surface area contributed by atoms with Crippen LogP contribution in [0, 0.1) is 21.4 Å². The molecule has 0 spiro atoms. The number of urea groups is 1. The largest absolute Gasteiger partial charge is 0.456 e. The molecule has 0 aliphatic rings. The van der Waals surface area contributed by atoms with Crippen molar-refractivity contribution in [3.05, 3.63) is 63.7 Å². The van der Waals surface area contributed by atoms with Gasteiger partial charge in [0.1, 0.15) is 23.1 Å². The molecule has 120 valence electrons. The Hall–Kier alpha value is -3.93. The number of hydrogen-bond acceptors (Lipinski definition) is 6. The molecule has 0 saturated carbocycles. The minimum atomic E-state index is -0.770. The molecule has 2 aromatic rings. The molecule has 3 N–H and O–H groups in total. The highest BCUT2D eigenvalue weighted by atomic mass is 16.6. The van der Waals surface area contributed by atoms with E-state index in [0.29, 0.717) is 11.3 Å². The van der Waals surface area contributed by atoms with Gasteiger partial charge in [-0.2, -0.15) is 10.4 Å². The second-order valence-corrected chi connectivity index (χ2v) is 4.45. The van der Waals surface area contributed by atoms with Gasteiger partial charge in [0, 0.05) is 12.1 Å². The number of rotatable bonds is 5. The van der Waals surface area contributed by atoms with E-state index in [9.17, 15) is 14.9 Å². The third-order valence-corrected chi connectivity index (χ3v) is 2.79. The van der Waals surface area contributed by atoms with Crippen LogP contribution >= 0.6 is 0 Å². The van der Waals surface area contributed by atoms with E-state index in [2.05, 4.69) is 10.5 Å². The van der Waals surface area contributed by atoms with Crippen molar-refractivity contribution in [2.75, 3.05) is 0 Å². The minimum Gasteiger partial charge on any atom is -0.456 e. The van der Waals surface area contributed by atoms with E-state index < -0.39 is 11.0 Å². The topological polar surface area (TPSA) is 144 Å². The van der Waals surface area contributed by atoms with Crippen LogP contribution in [-0.2, 0) is 0 Å². The third-order valence-electron chi connectivity index (χ3n) is 2.79. The summed E-state index contributed by atoms with van der Waals surface area (Å²) in [4.78, 5) is 20.6. The molecule has 24 heavy (non-hydrogen) atoms. The van der Waals surface area contributed by atoms with Crippen LogP contribution in [0.5, 0.6) is 11.5 Å². The van der Waals surface area contributed by atoms with Crippen molar-refractivity contribution in [3.63, 3.8) is 0 Å². The van der Waals surface area contributed by atoms with Gasteiger partial charge in [0.15, 0.2) is 0 Å². The number of amides is 2. The Morgan fingerprint density at radius 1 is 1.33 bits per heavy atom. The first-order valence-corrected chi connectivity index (χ1v) is 6.54. The van der Waals surface area contributed by atoms with Gasteiger partial charge in [-0.3, -0.25) is 10.1 Å². The maximum Gasteiger partial charge on any atom is 0.332 e. The molecule has 2 rings (SSSR count). The van der Waals surface area contributed by atoms with Crippen LogP contribution in [0.1, 0.15) is 11.1 Å². The number of nitro groups is 1. The van der Waals surface area contributed by atoms with E-state index in [1.807, 2.05) is 6.07 Å². The van der Waals surface area contributed by atoms with Crippen molar-refractivity contribution in [3.8, 4) is 17.6 Å². The summed E-state index contributed by atoms with van der Waals surface area (Å²) in [5, 5.41) is 23.4. The quantitative estimate of drug-likeness (QED) is 0.492. The predicted molar refractivity (Wildman–Crippen MR) is 84.6 cm³/mol. The number of nitro benzene ring substituents is 1. The van der Waals surface area contributed by atoms with Gasteiger partial charge in [0.2, 0.25) is 0 Å². The molecule has 0 heterocycles. The zero-order valence-electron chi connectivity index (χ0n) is 12.2. The van der Waals surface area contributed by atoms with Crippen molar-refractivity contribution in [2.45, 2.75) is 0 Å². The first-order valence-electron chi connectivity index (χ1n) is 6.54. The van der Waals surface area contributed by atoms with E-state index in [1.54, 1.807) is 24.3 Å². The molecule has 0 unspecified atom stereocenters. The third kappa shape index (κ3) is 4.28. The highest BCUT2D eigenvalue weighted by molar-refractivity contribution is 5.81. The smallest absolute Gasteiger partial charge is 0.332 e. The van der Waals surface area contributed by atoms with Gasteiger partial charge in [-0.25, -0.2) is 10.2 Å². The summed E-state index contributed by atoms with van der Waals surface area (Å²) in [5.74, 6) is 0.639. The van der Waals surface area contributed by atoms with Crippen LogP contribution in [0.3, 0.4) is 0 Å². The normalized spacial score (nSPS) is 10.1. The number of carbonyl (C=O) groups is 1. The standard InChI is InChI=1S/C15H11N5O4/c16-8-11-7-12(20(22)23)3-6-14(11)24-13-4-1-10(2-5-13)9-18-19-15(17)21/h1-7,9H,(H3,17,19,21). The summed E-state index contributed by atoms with van der Waals surface area (Å²) in [5.41, 5.74) is 7.48. The summed E-state index contributed by atoms with van der Waals surface area (Å²) in [6.45, 7) is 0. The molecule has 0 radical (unpaired) electrons. The number of benzene rings is 2. The summed E-state index contributed by atoms with van der Waals surface area (Å²) >= 11 is 0. The monoisotopic (exact) mass is 325 g/mol. The van der Waals surface area contributed by atoms with Crippen molar-refractivity contribution >= 4 is 17.9 Å². The SMILES string of the molecule is N#Cc1cc([N+](=O)[O-])ccc1Oc1ccc(C=NNC(N)=O)cc1. The predicted octanol–water partition coefficient (Wildman–Crippen LogP) is 2.26. The van der Waals surface area contributed by atoms with Gasteiger partial charge < -0.3 is 10.5 Å². The van der Waals surface area contributed by atoms with Gasteiger partial charge in [0.05, 0.1) is 11.1 Å². The molecule has 0 fully saturated rings. The molecule has 0 saturated heterocycles. The number of nitrogens with two attached hydrogens (primary N) is 1. The van der Waals surface area contributed by atoms with Gasteiger partial charge in [-0.1, -0.05) is 0 Å². The van der Waals surface area contributed by atoms with E-state index >= 15 is 0 Å². The van der Waals surface area contributed by atoms with E-state index in [0.717, 1.165) is 6.07 Å². The van der Waals surface area contributed by atoms with Crippen LogP contribution in [0.2, 0.25) is 0 Å². The average Bonchev–Trinajstić information content (AvgIpc) is 2.56. The maximum atomic E-state index is 10.7. The summed E-state index contributed by atoms with van der Waals surface area (Å²) in [6, 6.07) is 11.4. The fourth-order valence-corrected chi connectivity index (χ4v) is 1.73. The Balaban J connectivity index is 2.14. The Bertz CT molecular complexity index is 840. The Kier molecular flexibility index (Phi) is 5.05. The minimum absolute atomic E-state index is 0.0560. The Morgan fingerprint density at radius 3 is 2.62 bits per heavy atom. The van der Waals surface area contributed by atoms with Crippen molar-refractivity contribution in [1.82, 2.24) is 5.43 Å². The number of primary amides is 1. The lowest BCUT2D eigenvalue weighted by Crippen LogP contribution is -2.24. The molecule has 2 amide bonds. The molecule has 0 atom stereocenters. The maximum absolute atomic E-state index is 10.7. The molecule has 0 aromatic heterocycles. The second-order valence-electron chi connectivity index (χ2n) is 4.45. The fraction of sp³-hybridized carbons (Fsp3) is 0. The lowest BCUT2D eigenvalue weighted by molar-refractivity contribution is -0.384.